The lowest BCUT2D eigenvalue weighted by Gasteiger charge is -2.33. The first-order valence-electron chi connectivity index (χ1n) is 6.62. The standard InChI is InChI=1S/C14H16Cl2N2O3/c1-14(4-2-3-5-17-14)13(21)18-11-9(12(19)20)6-8(15)7-10(11)16/h6-7,17H,2-5H2,1H3,(H,18,21)(H,19,20). The van der Waals surface area contributed by atoms with Gasteiger partial charge in [0.2, 0.25) is 5.91 Å². The number of nitrogens with one attached hydrogen (secondary N) is 2. The second kappa shape index (κ2) is 6.22. The van der Waals surface area contributed by atoms with Gasteiger partial charge in [-0.3, -0.25) is 4.79 Å². The predicted molar refractivity (Wildman–Crippen MR) is 82.3 cm³/mol. The zero-order chi connectivity index (χ0) is 15.6. The van der Waals surface area contributed by atoms with Crippen molar-refractivity contribution in [2.45, 2.75) is 31.7 Å². The number of benzene rings is 1. The monoisotopic (exact) mass is 330 g/mol. The summed E-state index contributed by atoms with van der Waals surface area (Å²) in [5.41, 5.74) is -0.774. The van der Waals surface area contributed by atoms with Crippen LogP contribution in [0.4, 0.5) is 5.69 Å². The lowest BCUT2D eigenvalue weighted by molar-refractivity contribution is -0.122. The van der Waals surface area contributed by atoms with E-state index in [1.807, 2.05) is 0 Å². The molecule has 2 rings (SSSR count). The maximum Gasteiger partial charge on any atom is 0.337 e. The highest BCUT2D eigenvalue weighted by molar-refractivity contribution is 6.37. The summed E-state index contributed by atoms with van der Waals surface area (Å²) in [6.45, 7) is 2.55. The maximum atomic E-state index is 12.4. The van der Waals surface area contributed by atoms with Gasteiger partial charge >= 0.3 is 5.97 Å². The molecule has 1 unspecified atom stereocenters. The molecule has 21 heavy (non-hydrogen) atoms. The van der Waals surface area contributed by atoms with Crippen LogP contribution in [0, 0.1) is 0 Å². The highest BCUT2D eigenvalue weighted by atomic mass is 35.5. The van der Waals surface area contributed by atoms with Crippen LogP contribution in [0.15, 0.2) is 12.1 Å². The number of hydrogen-bond donors (Lipinski definition) is 3. The quantitative estimate of drug-likeness (QED) is 0.795. The van der Waals surface area contributed by atoms with Gasteiger partial charge in [0.1, 0.15) is 0 Å². The van der Waals surface area contributed by atoms with E-state index in [2.05, 4.69) is 10.6 Å². The summed E-state index contributed by atoms with van der Waals surface area (Å²) in [4.78, 5) is 23.7. The van der Waals surface area contributed by atoms with Gasteiger partial charge in [-0.15, -0.1) is 0 Å². The van der Waals surface area contributed by atoms with Crippen molar-refractivity contribution < 1.29 is 14.7 Å². The number of carbonyl (C=O) groups excluding carboxylic acids is 1. The SMILES string of the molecule is CC1(C(=O)Nc2c(Cl)cc(Cl)cc2C(=O)O)CCCCN1. The smallest absolute Gasteiger partial charge is 0.337 e. The molecule has 0 spiro atoms. The van der Waals surface area contributed by atoms with Crippen molar-refractivity contribution in [2.24, 2.45) is 0 Å². The Balaban J connectivity index is 2.30. The van der Waals surface area contributed by atoms with Gasteiger partial charge in [-0.05, 0) is 44.9 Å². The molecule has 0 aliphatic carbocycles. The van der Waals surface area contributed by atoms with Gasteiger partial charge in [0.15, 0.2) is 0 Å². The average molecular weight is 331 g/mol. The van der Waals surface area contributed by atoms with Gasteiger partial charge in [-0.25, -0.2) is 4.79 Å². The molecule has 0 radical (unpaired) electrons. The lowest BCUT2D eigenvalue weighted by atomic mass is 9.90. The van der Waals surface area contributed by atoms with E-state index in [1.54, 1.807) is 6.92 Å². The van der Waals surface area contributed by atoms with Gasteiger partial charge in [0.05, 0.1) is 21.8 Å². The Morgan fingerprint density at radius 2 is 2.05 bits per heavy atom. The van der Waals surface area contributed by atoms with Crippen LogP contribution < -0.4 is 10.6 Å². The topological polar surface area (TPSA) is 78.4 Å². The van der Waals surface area contributed by atoms with E-state index in [-0.39, 0.29) is 27.2 Å². The molecule has 0 bridgehead atoms. The number of anilines is 1. The zero-order valence-electron chi connectivity index (χ0n) is 11.5. The van der Waals surface area contributed by atoms with Crippen molar-refractivity contribution in [3.05, 3.63) is 27.7 Å². The van der Waals surface area contributed by atoms with Crippen molar-refractivity contribution in [3.63, 3.8) is 0 Å². The fraction of sp³-hybridized carbons (Fsp3) is 0.429. The van der Waals surface area contributed by atoms with Crippen molar-refractivity contribution in [1.82, 2.24) is 5.32 Å². The predicted octanol–water partition coefficient (Wildman–Crippen LogP) is 3.16. The van der Waals surface area contributed by atoms with Gasteiger partial charge in [-0.2, -0.15) is 0 Å². The van der Waals surface area contributed by atoms with Crippen molar-refractivity contribution in [2.75, 3.05) is 11.9 Å². The maximum absolute atomic E-state index is 12.4. The van der Waals surface area contributed by atoms with Crippen LogP contribution >= 0.6 is 23.2 Å². The molecule has 1 atom stereocenters. The summed E-state index contributed by atoms with van der Waals surface area (Å²) in [7, 11) is 0. The Hall–Kier alpha value is -1.30. The minimum Gasteiger partial charge on any atom is -0.478 e. The minimum atomic E-state index is -1.20. The molecule has 1 aromatic carbocycles. The summed E-state index contributed by atoms with van der Waals surface area (Å²) in [6.07, 6.45) is 2.65. The average Bonchev–Trinajstić information content (AvgIpc) is 2.41. The third-order valence-electron chi connectivity index (χ3n) is 3.64. The fourth-order valence-corrected chi connectivity index (χ4v) is 2.91. The van der Waals surface area contributed by atoms with E-state index in [0.717, 1.165) is 19.4 Å². The van der Waals surface area contributed by atoms with Crippen molar-refractivity contribution in [3.8, 4) is 0 Å². The molecule has 1 aromatic rings. The number of halogens is 2. The van der Waals surface area contributed by atoms with E-state index in [0.29, 0.717) is 6.42 Å². The Morgan fingerprint density at radius 1 is 1.33 bits per heavy atom. The molecule has 3 N–H and O–H groups in total. The molecule has 7 heteroatoms. The summed E-state index contributed by atoms with van der Waals surface area (Å²) in [6, 6.07) is 2.67. The zero-order valence-corrected chi connectivity index (χ0v) is 13.0. The van der Waals surface area contributed by atoms with Crippen LogP contribution in [0.2, 0.25) is 10.0 Å². The summed E-state index contributed by atoms with van der Waals surface area (Å²) >= 11 is 11.8. The molecule has 1 aliphatic heterocycles. The number of piperidine rings is 1. The molecular formula is C14H16Cl2N2O3. The summed E-state index contributed by atoms with van der Waals surface area (Å²) in [5, 5.41) is 15.3. The molecular weight excluding hydrogens is 315 g/mol. The summed E-state index contributed by atoms with van der Waals surface area (Å²) < 4.78 is 0. The Morgan fingerprint density at radius 3 is 2.62 bits per heavy atom. The van der Waals surface area contributed by atoms with E-state index in [9.17, 15) is 14.7 Å². The lowest BCUT2D eigenvalue weighted by Crippen LogP contribution is -2.54. The van der Waals surface area contributed by atoms with Crippen molar-refractivity contribution >= 4 is 40.8 Å². The molecule has 0 saturated carbocycles. The number of carbonyl (C=O) groups is 2. The normalized spacial score (nSPS) is 21.9. The first-order chi connectivity index (χ1) is 9.83. The van der Waals surface area contributed by atoms with E-state index < -0.39 is 11.5 Å². The van der Waals surface area contributed by atoms with Crippen molar-refractivity contribution in [1.29, 1.82) is 0 Å². The second-order valence-corrected chi connectivity index (χ2v) is 6.13. The molecule has 1 amide bonds. The van der Waals surface area contributed by atoms with E-state index >= 15 is 0 Å². The molecule has 1 saturated heterocycles. The highest BCUT2D eigenvalue weighted by Gasteiger charge is 2.35. The highest BCUT2D eigenvalue weighted by Crippen LogP contribution is 2.31. The molecule has 114 valence electrons. The minimum absolute atomic E-state index is 0.0761. The fourth-order valence-electron chi connectivity index (χ4n) is 2.37. The Labute approximate surface area is 132 Å². The van der Waals surface area contributed by atoms with Crippen LogP contribution in [0.25, 0.3) is 0 Å². The first-order valence-corrected chi connectivity index (χ1v) is 7.38. The number of rotatable bonds is 3. The van der Waals surface area contributed by atoms with Gasteiger partial charge < -0.3 is 15.7 Å². The van der Waals surface area contributed by atoms with Gasteiger partial charge in [0, 0.05) is 5.02 Å². The number of carboxylic acids is 1. The van der Waals surface area contributed by atoms with Gasteiger partial charge in [0.25, 0.3) is 0 Å². The number of amides is 1. The number of hydrogen-bond acceptors (Lipinski definition) is 3. The first kappa shape index (κ1) is 16.1. The molecule has 5 nitrogen and oxygen atoms in total. The number of aromatic carboxylic acids is 1. The largest absolute Gasteiger partial charge is 0.478 e. The van der Waals surface area contributed by atoms with E-state index in [4.69, 9.17) is 23.2 Å². The molecule has 1 fully saturated rings. The van der Waals surface area contributed by atoms with Gasteiger partial charge in [-0.1, -0.05) is 23.2 Å². The van der Waals surface area contributed by atoms with Crippen LogP contribution in [0.5, 0.6) is 0 Å². The van der Waals surface area contributed by atoms with E-state index in [1.165, 1.54) is 12.1 Å². The molecule has 0 aromatic heterocycles. The summed E-state index contributed by atoms with van der Waals surface area (Å²) in [5.74, 6) is -1.50. The third-order valence-corrected chi connectivity index (χ3v) is 4.16. The second-order valence-electron chi connectivity index (χ2n) is 5.29. The van der Waals surface area contributed by atoms with Crippen LogP contribution in [0.1, 0.15) is 36.5 Å². The van der Waals surface area contributed by atoms with Crippen LogP contribution in [-0.4, -0.2) is 29.1 Å². The number of carboxylic acid groups (broad SMARTS) is 1. The Kier molecular flexibility index (Phi) is 4.76. The Bertz CT molecular complexity index is 584. The molecule has 1 heterocycles. The van der Waals surface area contributed by atoms with Crippen LogP contribution in [0.3, 0.4) is 0 Å². The van der Waals surface area contributed by atoms with Crippen LogP contribution in [-0.2, 0) is 4.79 Å². The third kappa shape index (κ3) is 3.48. The molecule has 1 aliphatic rings.